The predicted octanol–water partition coefficient (Wildman–Crippen LogP) is 24.2. The molecule has 5 aliphatic carbocycles. The van der Waals surface area contributed by atoms with Crippen LogP contribution in [0, 0.1) is 67.5 Å². The lowest BCUT2D eigenvalue weighted by Gasteiger charge is -2.61. The van der Waals surface area contributed by atoms with Gasteiger partial charge in [0.1, 0.15) is 39.6 Å². The summed E-state index contributed by atoms with van der Waals surface area (Å²) in [6.45, 7) is 58.4. The van der Waals surface area contributed by atoms with Crippen LogP contribution in [0.4, 0.5) is 0 Å². The molecule has 112 heavy (non-hydrogen) atoms. The number of phenolic OH excluding ortho intramolecular Hbond substituents is 2. The number of carbonyl (C=O) groups is 8. The SMILES string of the molecule is C=C(C)C(CC=C(C)C)CC12CC(CC=C(C)C)C(C)(C)C(CC=C(C)C)(C(=O)C(=C(O)c3ccc(O)c(O)c3)C1=O)C2=O.CC(C)=CCC1=C(O)C(CC=C(C)C)(CC=C(C)C)C(=O)C(C(=O)C(C)C)=C1O.CC(C)=CCC[C@]1(C)[C@@H](CC=C(C)C)C[C@@]2(CC=C(C)C)C(=O)[C@]1(C(=O)C(C)C)C(=O)C(CC=C(C)C)=C2O. The van der Waals surface area contributed by atoms with Crippen molar-refractivity contribution < 1.29 is 69.0 Å². The maximum atomic E-state index is 15.2. The van der Waals surface area contributed by atoms with Crippen LogP contribution in [0.15, 0.2) is 186 Å². The molecule has 0 aromatic heterocycles. The van der Waals surface area contributed by atoms with E-state index in [1.165, 1.54) is 17.7 Å². The topological polar surface area (TPSA) is 258 Å². The second-order valence-electron chi connectivity index (χ2n) is 36.7. The summed E-state index contributed by atoms with van der Waals surface area (Å²) < 4.78 is 0. The Morgan fingerprint density at radius 2 is 0.946 bits per heavy atom. The van der Waals surface area contributed by atoms with Crippen molar-refractivity contribution in [2.75, 3.05) is 0 Å². The van der Waals surface area contributed by atoms with Gasteiger partial charge in [0.05, 0.1) is 16.2 Å². The van der Waals surface area contributed by atoms with Gasteiger partial charge in [-0.3, -0.25) is 38.4 Å². The maximum absolute atomic E-state index is 15.2. The van der Waals surface area contributed by atoms with Crippen molar-refractivity contribution >= 4 is 52.0 Å². The monoisotopic (exact) mass is 1540 g/mol. The zero-order chi connectivity index (χ0) is 85.8. The van der Waals surface area contributed by atoms with Crippen molar-refractivity contribution in [1.82, 2.24) is 0 Å². The molecule has 0 saturated heterocycles. The second kappa shape index (κ2) is 38.5. The molecule has 14 heteroatoms. The molecule has 0 aliphatic heterocycles. The van der Waals surface area contributed by atoms with Gasteiger partial charge in [-0.1, -0.05) is 177 Å². The number of allylic oxidation sites excluding steroid dienone is 27. The third-order valence-corrected chi connectivity index (χ3v) is 24.1. The Labute approximate surface area is 672 Å². The first kappa shape index (κ1) is 95.9. The Balaban J connectivity index is 0.000000362. The normalized spacial score (nSPS) is 24.2. The number of aliphatic hydroxyl groups excluding tert-OH is 4. The number of hydrogen-bond acceptors (Lipinski definition) is 14. The minimum Gasteiger partial charge on any atom is -0.511 e. The first-order valence-corrected chi connectivity index (χ1v) is 40.3. The van der Waals surface area contributed by atoms with Crippen LogP contribution in [0.2, 0.25) is 0 Å². The van der Waals surface area contributed by atoms with Crippen LogP contribution in [0.1, 0.15) is 289 Å². The van der Waals surface area contributed by atoms with Crippen molar-refractivity contribution in [3.63, 3.8) is 0 Å². The fourth-order valence-corrected chi connectivity index (χ4v) is 17.0. The Kier molecular flexibility index (Phi) is 33.0. The Hall–Kier alpha value is -8.52. The summed E-state index contributed by atoms with van der Waals surface area (Å²) in [6, 6.07) is 3.65. The summed E-state index contributed by atoms with van der Waals surface area (Å²) in [4.78, 5) is 116. The van der Waals surface area contributed by atoms with Gasteiger partial charge < -0.3 is 30.6 Å². The van der Waals surface area contributed by atoms with Gasteiger partial charge in [-0.25, -0.2) is 0 Å². The van der Waals surface area contributed by atoms with Gasteiger partial charge in [0.25, 0.3) is 0 Å². The fourth-order valence-electron chi connectivity index (χ4n) is 17.0. The molecule has 614 valence electrons. The molecule has 4 bridgehead atoms. The van der Waals surface area contributed by atoms with Crippen molar-refractivity contribution in [3.8, 4) is 11.5 Å². The number of aliphatic hydroxyl groups is 4. The molecule has 8 atom stereocenters. The molecule has 0 amide bonds. The molecule has 5 aliphatic rings. The van der Waals surface area contributed by atoms with Crippen molar-refractivity contribution in [2.24, 2.45) is 67.5 Å². The molecule has 1 aromatic rings. The average molecular weight is 1540 g/mol. The van der Waals surface area contributed by atoms with E-state index in [1.54, 1.807) is 27.7 Å². The van der Waals surface area contributed by atoms with E-state index in [-0.39, 0.29) is 126 Å². The van der Waals surface area contributed by atoms with Crippen LogP contribution >= 0.6 is 0 Å². The van der Waals surface area contributed by atoms with Gasteiger partial charge in [-0.2, -0.15) is 0 Å². The van der Waals surface area contributed by atoms with Crippen LogP contribution in [0.25, 0.3) is 5.76 Å². The lowest BCUT2D eigenvalue weighted by Crippen LogP contribution is -2.71. The third-order valence-electron chi connectivity index (χ3n) is 24.1. The van der Waals surface area contributed by atoms with E-state index >= 15 is 4.79 Å². The highest BCUT2D eigenvalue weighted by Gasteiger charge is 2.77. The van der Waals surface area contributed by atoms with Gasteiger partial charge in [0, 0.05) is 28.5 Å². The number of carbonyl (C=O) groups excluding carboxylic acids is 8. The molecule has 6 N–H and O–H groups in total. The smallest absolute Gasteiger partial charge is 0.184 e. The van der Waals surface area contributed by atoms with E-state index in [0.717, 1.165) is 61.8 Å². The van der Waals surface area contributed by atoms with Gasteiger partial charge in [0.15, 0.2) is 63.2 Å². The minimum atomic E-state index is -1.83. The van der Waals surface area contributed by atoms with E-state index < -0.39 is 101 Å². The second-order valence-corrected chi connectivity index (χ2v) is 36.7. The van der Waals surface area contributed by atoms with Crippen LogP contribution < -0.4 is 0 Å². The number of phenols is 2. The Morgan fingerprint density at radius 1 is 0.491 bits per heavy atom. The maximum Gasteiger partial charge on any atom is 0.184 e. The van der Waals surface area contributed by atoms with Gasteiger partial charge in [0.2, 0.25) is 0 Å². The minimum absolute atomic E-state index is 0.0110. The molecule has 6 rings (SSSR count). The number of benzene rings is 1. The van der Waals surface area contributed by atoms with Crippen LogP contribution in [0.5, 0.6) is 11.5 Å². The van der Waals surface area contributed by atoms with Crippen molar-refractivity contribution in [2.45, 2.75) is 284 Å². The number of aromatic hydroxyl groups is 2. The summed E-state index contributed by atoms with van der Waals surface area (Å²) >= 11 is 0. The highest BCUT2D eigenvalue weighted by atomic mass is 16.3. The van der Waals surface area contributed by atoms with E-state index in [2.05, 4.69) is 30.9 Å². The predicted molar refractivity (Wildman–Crippen MR) is 456 cm³/mol. The van der Waals surface area contributed by atoms with Crippen LogP contribution in [-0.2, 0) is 38.4 Å². The summed E-state index contributed by atoms with van der Waals surface area (Å²) in [6.07, 6.45) is 25.3. The fraction of sp³-hybridized carbons (Fsp3) is 0.551. The lowest BCUT2D eigenvalue weighted by atomic mass is 9.38. The number of fused-ring (bicyclic) bond motifs is 4. The first-order chi connectivity index (χ1) is 51.7. The number of ketones is 8. The molecule has 1 aromatic carbocycles. The molecule has 3 fully saturated rings. The largest absolute Gasteiger partial charge is 0.511 e. The van der Waals surface area contributed by atoms with E-state index in [9.17, 15) is 64.2 Å². The Bertz CT molecular complexity index is 4280. The zero-order valence-corrected chi connectivity index (χ0v) is 73.4. The van der Waals surface area contributed by atoms with Crippen LogP contribution in [0.3, 0.4) is 0 Å². The number of hydrogen-bond donors (Lipinski definition) is 6. The summed E-state index contributed by atoms with van der Waals surface area (Å²) in [5.41, 5.74) is 1.98. The standard InChI is InChI=1S/C38H50O6.C35H52O4.C25H36O4/c1-22(2)11-13-27(25(7)8)20-37-21-28(15-12-23(3)4)36(9,10)38(35(37)44,18-17-24(5)6)34(43)31(33(37)42)32(41)26-14-16-29(39)30(40)19-26;1-22(2)13-12-19-33(11)27(16-14-23(3)4)21-34(20-18-25(7)8)30(37)28(17-15-24(5)6)31(38)35(33,32(34)39)29(36)26(9)10;1-15(2)9-10-19-22(27)20(21(26)18(7)8)24(29)25(23(19)28,13-11-16(3)4)14-12-17(5)6/h11-12,14,16-17,19,27-28,39-41H,7,13,15,18,20-21H2,1-6,8-10H3;13-15,18,26-27,37H,12,16-17,19-21H2,1-11H3;9,11-12,18,27-28H,10,13-14H2,1-8H3/t;27-,33+,34+,35-;/m.0./s1. The summed E-state index contributed by atoms with van der Waals surface area (Å²) in [7, 11) is 0. The number of Topliss-reactive ketones (excluding diaryl/α,β-unsaturated/α-hetero) is 8. The molecule has 0 spiro atoms. The molecule has 4 unspecified atom stereocenters. The molecular formula is C98H138O14. The molecular weight excluding hydrogens is 1400 g/mol. The van der Waals surface area contributed by atoms with E-state index in [0.29, 0.717) is 38.5 Å². The van der Waals surface area contributed by atoms with Crippen LogP contribution in [-0.4, -0.2) is 76.9 Å². The highest BCUT2D eigenvalue weighted by molar-refractivity contribution is 6.42. The lowest BCUT2D eigenvalue weighted by molar-refractivity contribution is -0.181. The molecule has 14 nitrogen and oxygen atoms in total. The molecule has 3 saturated carbocycles. The van der Waals surface area contributed by atoms with E-state index in [4.69, 9.17) is 0 Å². The highest BCUT2D eigenvalue weighted by Crippen LogP contribution is 2.69. The first-order valence-electron chi connectivity index (χ1n) is 40.3. The van der Waals surface area contributed by atoms with Gasteiger partial charge in [-0.05, 0) is 282 Å². The molecule has 0 radical (unpaired) electrons. The van der Waals surface area contributed by atoms with Crippen molar-refractivity contribution in [3.05, 3.63) is 192 Å². The number of rotatable bonds is 29. The third kappa shape index (κ3) is 19.8. The Morgan fingerprint density at radius 3 is 1.40 bits per heavy atom. The van der Waals surface area contributed by atoms with Gasteiger partial charge in [-0.15, -0.1) is 0 Å². The average Bonchev–Trinajstić information content (AvgIpc) is 0.678. The quantitative estimate of drug-likeness (QED) is 0.0109. The van der Waals surface area contributed by atoms with E-state index in [1.807, 2.05) is 203 Å². The zero-order valence-electron chi connectivity index (χ0n) is 73.4. The van der Waals surface area contributed by atoms with Gasteiger partial charge >= 0.3 is 0 Å². The summed E-state index contributed by atoms with van der Waals surface area (Å²) in [5, 5.41) is 65.7. The van der Waals surface area contributed by atoms with Crippen molar-refractivity contribution in [1.29, 1.82) is 0 Å². The molecule has 0 heterocycles. The summed E-state index contributed by atoms with van der Waals surface area (Å²) in [5.74, 6) is -7.38.